The number of hydrogen-bond acceptors (Lipinski definition) is 12. The summed E-state index contributed by atoms with van der Waals surface area (Å²) in [6, 6.07) is 10.1. The molecule has 2 aromatic carbocycles. The number of nitro groups is 2. The van der Waals surface area contributed by atoms with Crippen molar-refractivity contribution in [3.05, 3.63) is 90.5 Å². The number of aliphatic hydroxyl groups excluding tert-OH is 2. The van der Waals surface area contributed by atoms with Gasteiger partial charge in [-0.3, -0.25) is 25.0 Å². The molecule has 0 aromatic heterocycles. The van der Waals surface area contributed by atoms with Crippen LogP contribution < -0.4 is 0 Å². The first-order chi connectivity index (χ1) is 24.5. The predicted octanol–water partition coefficient (Wildman–Crippen LogP) is 3.59. The second kappa shape index (κ2) is 15.6. The number of carbonyl (C=O) groups is 3. The summed E-state index contributed by atoms with van der Waals surface area (Å²) < 4.78 is 11.8. The zero-order valence-corrected chi connectivity index (χ0v) is 30.4. The molecule has 3 aliphatic rings. The van der Waals surface area contributed by atoms with Crippen LogP contribution in [0.4, 0.5) is 16.2 Å². The highest BCUT2D eigenvalue weighted by molar-refractivity contribution is 8.03. The fraction of sp³-hybridized carbons (Fsp3) is 0.514. The SMILES string of the molecule is C[C@@H](O)[C@H]1C(=O)N2C(C(=O)OCc3ccc([N+](=O)[O-])cc3)=C(S[C@H]3C[C@@H]([C@@H](O)CC[N+](C)(C)C)N(C(=O)OCc4ccc([N+](=O)[O-])cc4)C3)[C@H](C)[C@H]12. The number of thioether (sulfide) groups is 1. The second-order valence-electron chi connectivity index (χ2n) is 14.5. The van der Waals surface area contributed by atoms with Crippen LogP contribution in [0, 0.1) is 32.1 Å². The monoisotopic (exact) mass is 742 g/mol. The largest absolute Gasteiger partial charge is 0.456 e. The number of carbonyl (C=O) groups excluding carboxylic acids is 3. The highest BCUT2D eigenvalue weighted by Gasteiger charge is 2.60. The Bertz CT molecular complexity index is 1730. The first-order valence-corrected chi connectivity index (χ1v) is 17.8. The molecule has 3 heterocycles. The number of nitrogens with zero attached hydrogens (tertiary/aromatic N) is 5. The fourth-order valence-electron chi connectivity index (χ4n) is 6.92. The maximum atomic E-state index is 13.7. The number of β-lactam (4-membered cyclic amide) rings is 1. The third-order valence-electron chi connectivity index (χ3n) is 9.70. The number of benzene rings is 2. The molecule has 16 nitrogen and oxygen atoms in total. The average Bonchev–Trinajstić information content (AvgIpc) is 3.62. The quantitative estimate of drug-likeness (QED) is 0.0938. The number of esters is 1. The van der Waals surface area contributed by atoms with E-state index in [2.05, 4.69) is 0 Å². The van der Waals surface area contributed by atoms with Crippen LogP contribution in [-0.4, -0.2) is 116 Å². The van der Waals surface area contributed by atoms with Crippen LogP contribution in [0.2, 0.25) is 0 Å². The number of aliphatic hydroxyl groups is 2. The van der Waals surface area contributed by atoms with E-state index in [0.717, 1.165) is 0 Å². The molecule has 17 heteroatoms. The van der Waals surface area contributed by atoms with Gasteiger partial charge in [0.15, 0.2) is 0 Å². The number of non-ortho nitro benzene ring substituents is 2. The Morgan fingerprint density at radius 1 is 0.962 bits per heavy atom. The van der Waals surface area contributed by atoms with Gasteiger partial charge in [0.25, 0.3) is 11.4 Å². The normalized spacial score (nSPS) is 23.9. The minimum absolute atomic E-state index is 0.0626. The highest BCUT2D eigenvalue weighted by atomic mass is 32.2. The molecule has 280 valence electrons. The van der Waals surface area contributed by atoms with Crippen molar-refractivity contribution < 1.29 is 48.4 Å². The molecule has 2 saturated heterocycles. The van der Waals surface area contributed by atoms with Crippen LogP contribution in [0.5, 0.6) is 0 Å². The van der Waals surface area contributed by atoms with Crippen LogP contribution in [0.1, 0.15) is 37.8 Å². The Balaban J connectivity index is 1.36. The lowest BCUT2D eigenvalue weighted by molar-refractivity contribution is -0.870. The number of ether oxygens (including phenoxy) is 2. The van der Waals surface area contributed by atoms with Gasteiger partial charge in [0.2, 0.25) is 5.91 Å². The summed E-state index contributed by atoms with van der Waals surface area (Å²) in [7, 11) is 5.99. The zero-order valence-electron chi connectivity index (χ0n) is 29.6. The Hall–Kier alpha value is -4.58. The number of quaternary nitrogens is 1. The van der Waals surface area contributed by atoms with Crippen LogP contribution in [0.25, 0.3) is 0 Å². The number of amides is 2. The van der Waals surface area contributed by atoms with E-state index in [0.29, 0.717) is 39.9 Å². The molecule has 2 N–H and O–H groups in total. The van der Waals surface area contributed by atoms with Crippen molar-refractivity contribution in [2.75, 3.05) is 34.2 Å². The van der Waals surface area contributed by atoms with Gasteiger partial charge in [0.1, 0.15) is 18.9 Å². The molecule has 0 radical (unpaired) electrons. The molecule has 0 bridgehead atoms. The molecule has 0 aliphatic carbocycles. The molecule has 2 aromatic rings. The molecule has 0 unspecified atom stereocenters. The lowest BCUT2D eigenvalue weighted by Gasteiger charge is -2.46. The van der Waals surface area contributed by atoms with Gasteiger partial charge in [-0.1, -0.05) is 6.92 Å². The molecule has 2 fully saturated rings. The predicted molar refractivity (Wildman–Crippen MR) is 188 cm³/mol. The van der Waals surface area contributed by atoms with Gasteiger partial charge in [0.05, 0.1) is 67.7 Å². The van der Waals surface area contributed by atoms with E-state index >= 15 is 0 Å². The highest BCUT2D eigenvalue weighted by Crippen LogP contribution is 2.52. The van der Waals surface area contributed by atoms with Crippen molar-refractivity contribution in [3.63, 3.8) is 0 Å². The number of rotatable bonds is 14. The molecule has 3 aliphatic heterocycles. The standard InChI is InChI=1S/C35H44N5O11S/c1-20-30-29(21(2)41)33(43)37(30)31(34(44)50-18-22-6-10-24(11-7-22)38(46)47)32(20)52-26-16-27(28(42)14-15-40(3,4)5)36(17-26)35(45)51-19-23-8-12-25(13-9-23)39(48)49/h6-13,20-21,26-30,41-42H,14-19H2,1-5H3/q+1/t20-,21-,26+,27+,28+,29-,30-/m1/s1. The number of hydrogen-bond donors (Lipinski definition) is 2. The number of fused-ring (bicyclic) bond motifs is 1. The van der Waals surface area contributed by atoms with E-state index in [4.69, 9.17) is 9.47 Å². The Labute approximate surface area is 304 Å². The van der Waals surface area contributed by atoms with Crippen molar-refractivity contribution in [2.24, 2.45) is 11.8 Å². The lowest BCUT2D eigenvalue weighted by atomic mass is 9.79. The minimum atomic E-state index is -0.953. The van der Waals surface area contributed by atoms with E-state index < -0.39 is 58.0 Å². The second-order valence-corrected chi connectivity index (χ2v) is 15.9. The van der Waals surface area contributed by atoms with Gasteiger partial charge >= 0.3 is 12.1 Å². The van der Waals surface area contributed by atoms with E-state index in [1.807, 2.05) is 28.1 Å². The first kappa shape index (κ1) is 38.6. The molecule has 7 atom stereocenters. The van der Waals surface area contributed by atoms with Crippen molar-refractivity contribution >= 4 is 41.1 Å². The summed E-state index contributed by atoms with van der Waals surface area (Å²) in [6.45, 7) is 3.86. The molecule has 52 heavy (non-hydrogen) atoms. The van der Waals surface area contributed by atoms with Crippen LogP contribution in [0.3, 0.4) is 0 Å². The minimum Gasteiger partial charge on any atom is -0.456 e. The van der Waals surface area contributed by atoms with Gasteiger partial charge in [-0.25, -0.2) is 9.59 Å². The summed E-state index contributed by atoms with van der Waals surface area (Å²) in [5, 5.41) is 43.6. The summed E-state index contributed by atoms with van der Waals surface area (Å²) in [4.78, 5) is 65.0. The lowest BCUT2D eigenvalue weighted by Crippen LogP contribution is -2.63. The van der Waals surface area contributed by atoms with Gasteiger partial charge in [0, 0.05) is 53.3 Å². The van der Waals surface area contributed by atoms with Gasteiger partial charge < -0.3 is 34.0 Å². The molecule has 0 saturated carbocycles. The maximum absolute atomic E-state index is 13.7. The molecule has 0 spiro atoms. The number of nitro benzene ring substituents is 2. The number of likely N-dealkylation sites (tertiary alicyclic amines) is 1. The van der Waals surface area contributed by atoms with Crippen LogP contribution in [-0.2, 0) is 32.3 Å². The van der Waals surface area contributed by atoms with Crippen molar-refractivity contribution in [3.8, 4) is 0 Å². The zero-order chi connectivity index (χ0) is 38.1. The van der Waals surface area contributed by atoms with Crippen molar-refractivity contribution in [1.29, 1.82) is 0 Å². The third kappa shape index (κ3) is 8.38. The molecule has 2 amide bonds. The van der Waals surface area contributed by atoms with E-state index in [1.54, 1.807) is 0 Å². The van der Waals surface area contributed by atoms with E-state index in [-0.39, 0.29) is 48.0 Å². The first-order valence-electron chi connectivity index (χ1n) is 16.9. The average molecular weight is 743 g/mol. The Morgan fingerprint density at radius 3 is 2.00 bits per heavy atom. The van der Waals surface area contributed by atoms with E-state index in [1.165, 1.54) is 77.0 Å². The molecular weight excluding hydrogens is 698 g/mol. The summed E-state index contributed by atoms with van der Waals surface area (Å²) >= 11 is 1.33. The maximum Gasteiger partial charge on any atom is 0.410 e. The smallest absolute Gasteiger partial charge is 0.410 e. The summed E-state index contributed by atoms with van der Waals surface area (Å²) in [5.41, 5.74) is 0.923. The topological polar surface area (TPSA) is 203 Å². The van der Waals surface area contributed by atoms with Gasteiger partial charge in [-0.05, 0) is 48.7 Å². The van der Waals surface area contributed by atoms with Crippen LogP contribution >= 0.6 is 11.8 Å². The third-order valence-corrected chi connectivity index (χ3v) is 11.2. The molecule has 5 rings (SSSR count). The van der Waals surface area contributed by atoms with Crippen molar-refractivity contribution in [1.82, 2.24) is 9.80 Å². The Kier molecular flexibility index (Phi) is 11.6. The van der Waals surface area contributed by atoms with Gasteiger partial charge in [-0.2, -0.15) is 0 Å². The van der Waals surface area contributed by atoms with Crippen LogP contribution in [0.15, 0.2) is 59.1 Å². The molecular formula is C35H44N5O11S+. The fourth-order valence-corrected chi connectivity index (χ4v) is 8.45. The van der Waals surface area contributed by atoms with Crippen molar-refractivity contribution in [2.45, 2.75) is 69.4 Å². The summed E-state index contributed by atoms with van der Waals surface area (Å²) in [5.74, 6) is -2.23. The van der Waals surface area contributed by atoms with Gasteiger partial charge in [-0.15, -0.1) is 11.8 Å². The summed E-state index contributed by atoms with van der Waals surface area (Å²) in [6.07, 6.45) is -1.75. The Morgan fingerprint density at radius 2 is 1.50 bits per heavy atom. The van der Waals surface area contributed by atoms with E-state index in [9.17, 15) is 44.8 Å².